The standard InChI is InChI=1S/C11H17N3O5S2/c1-8(20(2)17)5-6-13-21(18,19)11-7-9(12)3-4-10(11)14(15)16/h3-4,7-8,13H,5-6,12H2,1-2H3. The van der Waals surface area contributed by atoms with E-state index in [0.29, 0.717) is 6.42 Å². The summed E-state index contributed by atoms with van der Waals surface area (Å²) in [5.41, 5.74) is 5.06. The monoisotopic (exact) mass is 335 g/mol. The highest BCUT2D eigenvalue weighted by molar-refractivity contribution is 7.89. The summed E-state index contributed by atoms with van der Waals surface area (Å²) in [7, 11) is -5.11. The van der Waals surface area contributed by atoms with Gasteiger partial charge in [-0.15, -0.1) is 0 Å². The molecule has 2 unspecified atom stereocenters. The maximum Gasteiger partial charge on any atom is 0.289 e. The number of anilines is 1. The average molecular weight is 335 g/mol. The molecule has 0 aliphatic heterocycles. The topological polar surface area (TPSA) is 132 Å². The van der Waals surface area contributed by atoms with Gasteiger partial charge in [0.2, 0.25) is 10.0 Å². The fourth-order valence-corrected chi connectivity index (χ4v) is 3.24. The Balaban J connectivity index is 2.95. The second kappa shape index (κ2) is 6.96. The second-order valence-electron chi connectivity index (χ2n) is 4.48. The minimum Gasteiger partial charge on any atom is -0.399 e. The first-order valence-corrected chi connectivity index (χ1v) is 9.11. The molecule has 0 heterocycles. The van der Waals surface area contributed by atoms with E-state index in [0.717, 1.165) is 12.1 Å². The molecule has 0 amide bonds. The maximum absolute atomic E-state index is 12.1. The van der Waals surface area contributed by atoms with Gasteiger partial charge in [-0.05, 0) is 18.6 Å². The summed E-state index contributed by atoms with van der Waals surface area (Å²) in [4.78, 5) is 9.63. The molecule has 0 aliphatic rings. The van der Waals surface area contributed by atoms with E-state index in [-0.39, 0.29) is 17.5 Å². The lowest BCUT2D eigenvalue weighted by Gasteiger charge is -2.10. The number of nitrogens with zero attached hydrogens (tertiary/aromatic N) is 1. The molecule has 0 fully saturated rings. The highest BCUT2D eigenvalue weighted by atomic mass is 32.2. The van der Waals surface area contributed by atoms with Crippen LogP contribution in [0, 0.1) is 10.1 Å². The van der Waals surface area contributed by atoms with Crippen LogP contribution in [-0.4, -0.2) is 35.6 Å². The first-order chi connectivity index (χ1) is 9.65. The highest BCUT2D eigenvalue weighted by Gasteiger charge is 2.25. The van der Waals surface area contributed by atoms with Crippen molar-refractivity contribution in [1.29, 1.82) is 0 Å². The number of hydrogen-bond acceptors (Lipinski definition) is 6. The lowest BCUT2D eigenvalue weighted by atomic mass is 10.3. The molecule has 2 atom stereocenters. The van der Waals surface area contributed by atoms with Crippen molar-refractivity contribution in [3.05, 3.63) is 28.3 Å². The molecule has 21 heavy (non-hydrogen) atoms. The van der Waals surface area contributed by atoms with Crippen LogP contribution < -0.4 is 10.5 Å². The van der Waals surface area contributed by atoms with Gasteiger partial charge in [-0.2, -0.15) is 0 Å². The third kappa shape index (κ3) is 4.76. The molecular formula is C11H17N3O5S2. The average Bonchev–Trinajstić information content (AvgIpc) is 2.37. The van der Waals surface area contributed by atoms with Gasteiger partial charge < -0.3 is 5.73 Å². The number of sulfonamides is 1. The Morgan fingerprint density at radius 3 is 2.62 bits per heavy atom. The molecule has 1 aromatic rings. The molecule has 0 aromatic heterocycles. The van der Waals surface area contributed by atoms with Crippen LogP contribution in [0.1, 0.15) is 13.3 Å². The second-order valence-corrected chi connectivity index (χ2v) is 8.02. The Bertz CT molecular complexity index is 660. The molecule has 0 spiro atoms. The first-order valence-electron chi connectivity index (χ1n) is 6.01. The summed E-state index contributed by atoms with van der Waals surface area (Å²) < 4.78 is 37.7. The van der Waals surface area contributed by atoms with Crippen molar-refractivity contribution >= 4 is 32.2 Å². The molecular weight excluding hydrogens is 318 g/mol. The fourth-order valence-electron chi connectivity index (χ4n) is 1.54. The summed E-state index contributed by atoms with van der Waals surface area (Å²) in [5, 5.41) is 10.7. The van der Waals surface area contributed by atoms with Gasteiger partial charge in [-0.1, -0.05) is 6.92 Å². The van der Waals surface area contributed by atoms with E-state index in [1.54, 1.807) is 6.92 Å². The zero-order valence-electron chi connectivity index (χ0n) is 11.6. The quantitative estimate of drug-likeness (QED) is 0.426. The Labute approximate surface area is 125 Å². The number of benzene rings is 1. The van der Waals surface area contributed by atoms with Gasteiger partial charge in [0.1, 0.15) is 0 Å². The Hall–Kier alpha value is -1.52. The Morgan fingerprint density at radius 2 is 2.10 bits per heavy atom. The van der Waals surface area contributed by atoms with E-state index in [9.17, 15) is 22.7 Å². The third-order valence-corrected chi connectivity index (χ3v) is 5.74. The van der Waals surface area contributed by atoms with Gasteiger partial charge in [0.15, 0.2) is 4.90 Å². The summed E-state index contributed by atoms with van der Waals surface area (Å²) in [6, 6.07) is 3.36. The summed E-state index contributed by atoms with van der Waals surface area (Å²) in [5.74, 6) is 0. The van der Waals surface area contributed by atoms with Crippen molar-refractivity contribution < 1.29 is 17.6 Å². The van der Waals surface area contributed by atoms with E-state index < -0.39 is 36.3 Å². The lowest BCUT2D eigenvalue weighted by molar-refractivity contribution is -0.387. The molecule has 1 aromatic carbocycles. The van der Waals surface area contributed by atoms with Gasteiger partial charge in [0, 0.05) is 40.6 Å². The highest BCUT2D eigenvalue weighted by Crippen LogP contribution is 2.25. The Kier molecular flexibility index (Phi) is 5.81. The number of nitrogens with two attached hydrogens (primary N) is 1. The molecule has 10 heteroatoms. The van der Waals surface area contributed by atoms with Crippen LogP contribution in [0.15, 0.2) is 23.1 Å². The van der Waals surface area contributed by atoms with Gasteiger partial charge >= 0.3 is 0 Å². The first kappa shape index (κ1) is 17.5. The van der Waals surface area contributed by atoms with Crippen LogP contribution in [0.3, 0.4) is 0 Å². The van der Waals surface area contributed by atoms with Crippen LogP contribution in [-0.2, 0) is 20.8 Å². The molecule has 3 N–H and O–H groups in total. The number of nitrogens with one attached hydrogen (secondary N) is 1. The molecule has 118 valence electrons. The number of nitro groups is 1. The van der Waals surface area contributed by atoms with Crippen molar-refractivity contribution in [1.82, 2.24) is 4.72 Å². The summed E-state index contributed by atoms with van der Waals surface area (Å²) >= 11 is 0. The lowest BCUT2D eigenvalue weighted by Crippen LogP contribution is -2.28. The van der Waals surface area contributed by atoms with Crippen LogP contribution in [0.25, 0.3) is 0 Å². The van der Waals surface area contributed by atoms with Gasteiger partial charge in [-0.25, -0.2) is 13.1 Å². The van der Waals surface area contributed by atoms with Crippen molar-refractivity contribution in [3.63, 3.8) is 0 Å². The van der Waals surface area contributed by atoms with Crippen LogP contribution in [0.5, 0.6) is 0 Å². The zero-order chi connectivity index (χ0) is 16.2. The van der Waals surface area contributed by atoms with E-state index >= 15 is 0 Å². The molecule has 0 bridgehead atoms. The molecule has 0 saturated heterocycles. The SMILES string of the molecule is CC(CCNS(=O)(=O)c1cc(N)ccc1[N+](=O)[O-])S(C)=O. The van der Waals surface area contributed by atoms with Crippen LogP contribution >= 0.6 is 0 Å². The van der Waals surface area contributed by atoms with Crippen molar-refractivity contribution in [3.8, 4) is 0 Å². The van der Waals surface area contributed by atoms with Crippen molar-refractivity contribution in [2.75, 3.05) is 18.5 Å². The number of rotatable bonds is 7. The van der Waals surface area contributed by atoms with Gasteiger partial charge in [-0.3, -0.25) is 14.3 Å². The number of nitrogen functional groups attached to an aromatic ring is 1. The molecule has 0 radical (unpaired) electrons. The predicted molar refractivity (Wildman–Crippen MR) is 80.8 cm³/mol. The molecule has 0 saturated carbocycles. The smallest absolute Gasteiger partial charge is 0.289 e. The number of nitro benzene ring substituents is 1. The number of hydrogen-bond donors (Lipinski definition) is 2. The van der Waals surface area contributed by atoms with E-state index in [4.69, 9.17) is 5.73 Å². The normalized spacial score (nSPS) is 14.6. The van der Waals surface area contributed by atoms with E-state index in [1.165, 1.54) is 12.3 Å². The minimum atomic E-state index is -4.05. The minimum absolute atomic E-state index is 0.0367. The third-order valence-electron chi connectivity index (χ3n) is 2.88. The van der Waals surface area contributed by atoms with Gasteiger partial charge in [0.05, 0.1) is 4.92 Å². The van der Waals surface area contributed by atoms with Crippen LogP contribution in [0.2, 0.25) is 0 Å². The molecule has 0 aliphatic carbocycles. The fraction of sp³-hybridized carbons (Fsp3) is 0.455. The molecule has 1 rings (SSSR count). The maximum atomic E-state index is 12.1. The Morgan fingerprint density at radius 1 is 1.48 bits per heavy atom. The van der Waals surface area contributed by atoms with E-state index in [1.807, 2.05) is 0 Å². The summed E-state index contributed by atoms with van der Waals surface area (Å²) in [6.07, 6.45) is 1.89. The van der Waals surface area contributed by atoms with Crippen molar-refractivity contribution in [2.24, 2.45) is 0 Å². The van der Waals surface area contributed by atoms with E-state index in [2.05, 4.69) is 4.72 Å². The van der Waals surface area contributed by atoms with Crippen LogP contribution in [0.4, 0.5) is 11.4 Å². The zero-order valence-corrected chi connectivity index (χ0v) is 13.2. The van der Waals surface area contributed by atoms with Crippen molar-refractivity contribution in [2.45, 2.75) is 23.5 Å². The summed E-state index contributed by atoms with van der Waals surface area (Å²) in [6.45, 7) is 1.77. The predicted octanol–water partition coefficient (Wildman–Crippen LogP) is 0.612. The largest absolute Gasteiger partial charge is 0.399 e. The van der Waals surface area contributed by atoms with Gasteiger partial charge in [0.25, 0.3) is 5.69 Å². The molecule has 8 nitrogen and oxygen atoms in total.